The second kappa shape index (κ2) is 11.5. The number of hydrogen-bond acceptors (Lipinski definition) is 6. The topological polar surface area (TPSA) is 119 Å². The Morgan fingerprint density at radius 1 is 0.861 bits per heavy atom. The monoisotopic (exact) mass is 490 g/mol. The number of para-hydroxylation sites is 1. The number of carbonyl (C=O) groups excluding carboxylic acids is 3. The van der Waals surface area contributed by atoms with Gasteiger partial charge in [0.1, 0.15) is 11.5 Å². The van der Waals surface area contributed by atoms with Gasteiger partial charge in [-0.25, -0.2) is 0 Å². The van der Waals surface area contributed by atoms with Crippen molar-refractivity contribution in [3.05, 3.63) is 48.7 Å². The zero-order valence-corrected chi connectivity index (χ0v) is 20.4. The van der Waals surface area contributed by atoms with Crippen LogP contribution in [0.1, 0.15) is 39.5 Å². The van der Waals surface area contributed by atoms with Gasteiger partial charge < -0.3 is 25.4 Å². The van der Waals surface area contributed by atoms with E-state index in [-0.39, 0.29) is 36.5 Å². The largest absolute Gasteiger partial charge is 0.492 e. The molecule has 0 bridgehead atoms. The smallest absolute Gasteiger partial charge is 0.227 e. The van der Waals surface area contributed by atoms with Gasteiger partial charge in [0, 0.05) is 36.3 Å². The summed E-state index contributed by atoms with van der Waals surface area (Å²) in [7, 11) is 0. The molecule has 1 heterocycles. The van der Waals surface area contributed by atoms with Crippen LogP contribution in [0.2, 0.25) is 0 Å². The van der Waals surface area contributed by atoms with Gasteiger partial charge in [-0.2, -0.15) is 0 Å². The van der Waals surface area contributed by atoms with Crippen LogP contribution in [0.15, 0.2) is 48.7 Å². The van der Waals surface area contributed by atoms with Crippen molar-refractivity contribution in [3.8, 4) is 11.5 Å². The van der Waals surface area contributed by atoms with Crippen LogP contribution in [0.5, 0.6) is 11.5 Å². The molecule has 188 valence electrons. The number of fused-ring (bicyclic) bond motifs is 1. The third-order valence-electron chi connectivity index (χ3n) is 5.61. The summed E-state index contributed by atoms with van der Waals surface area (Å²) in [4.78, 5) is 41.7. The molecule has 3 N–H and O–H groups in total. The Labute approximate surface area is 209 Å². The lowest BCUT2D eigenvalue weighted by Crippen LogP contribution is -2.18. The van der Waals surface area contributed by atoms with Crippen molar-refractivity contribution in [1.29, 1.82) is 0 Å². The molecule has 1 aliphatic rings. The lowest BCUT2D eigenvalue weighted by molar-refractivity contribution is -0.121. The molecule has 0 aliphatic heterocycles. The molecule has 0 unspecified atom stereocenters. The summed E-state index contributed by atoms with van der Waals surface area (Å²) >= 11 is 0. The van der Waals surface area contributed by atoms with Crippen molar-refractivity contribution in [3.63, 3.8) is 0 Å². The molecule has 9 heteroatoms. The van der Waals surface area contributed by atoms with E-state index in [0.717, 1.165) is 23.7 Å². The van der Waals surface area contributed by atoms with Crippen LogP contribution in [-0.4, -0.2) is 35.9 Å². The average molecular weight is 491 g/mol. The molecule has 0 radical (unpaired) electrons. The molecule has 36 heavy (non-hydrogen) atoms. The van der Waals surface area contributed by atoms with E-state index >= 15 is 0 Å². The molecule has 2 aromatic carbocycles. The van der Waals surface area contributed by atoms with E-state index in [1.165, 1.54) is 0 Å². The average Bonchev–Trinajstić information content (AvgIpc) is 3.71. The van der Waals surface area contributed by atoms with Crippen LogP contribution in [0, 0.1) is 5.92 Å². The first-order chi connectivity index (χ1) is 17.5. The molecule has 3 aromatic rings. The van der Waals surface area contributed by atoms with Crippen LogP contribution in [0.25, 0.3) is 10.9 Å². The quantitative estimate of drug-likeness (QED) is 0.357. The Balaban J connectivity index is 1.39. The number of benzene rings is 2. The maximum atomic E-state index is 12.7. The minimum atomic E-state index is -0.347. The van der Waals surface area contributed by atoms with Crippen molar-refractivity contribution in [1.82, 2.24) is 4.98 Å². The number of anilines is 3. The summed E-state index contributed by atoms with van der Waals surface area (Å²) in [6.45, 7) is 4.42. The van der Waals surface area contributed by atoms with Gasteiger partial charge >= 0.3 is 0 Å². The number of pyridine rings is 1. The van der Waals surface area contributed by atoms with E-state index in [0.29, 0.717) is 41.8 Å². The standard InChI is InChI=1S/C27H30N4O5/c1-3-35-23-15-22(31-27(34)17-9-10-17)24(36-4-2)14-21(23)30-26(33)12-11-25(32)29-19-13-18-7-5-6-8-20(18)28-16-19/h5-8,13-17H,3-4,9-12H2,1-2H3,(H,29,32)(H,30,33)(H,31,34). The second-order valence-electron chi connectivity index (χ2n) is 8.49. The molecule has 0 saturated heterocycles. The van der Waals surface area contributed by atoms with Crippen molar-refractivity contribution >= 4 is 45.7 Å². The Kier molecular flexibility index (Phi) is 7.99. The normalized spacial score (nSPS) is 12.6. The molecular weight excluding hydrogens is 460 g/mol. The van der Waals surface area contributed by atoms with Gasteiger partial charge in [0.25, 0.3) is 0 Å². The summed E-state index contributed by atoms with van der Waals surface area (Å²) in [5.74, 6) is 0.188. The summed E-state index contributed by atoms with van der Waals surface area (Å²) in [6.07, 6.45) is 3.33. The number of hydrogen-bond donors (Lipinski definition) is 3. The molecule has 1 aromatic heterocycles. The van der Waals surface area contributed by atoms with Gasteiger partial charge in [0.05, 0.1) is 42.0 Å². The fourth-order valence-corrected chi connectivity index (χ4v) is 3.69. The summed E-state index contributed by atoms with van der Waals surface area (Å²) in [6, 6.07) is 12.7. The number of rotatable bonds is 11. The Hall–Kier alpha value is -4.14. The van der Waals surface area contributed by atoms with Crippen LogP contribution in [-0.2, 0) is 14.4 Å². The molecule has 0 atom stereocenters. The van der Waals surface area contributed by atoms with Gasteiger partial charge in [-0.15, -0.1) is 0 Å². The van der Waals surface area contributed by atoms with Crippen molar-refractivity contribution in [2.24, 2.45) is 5.92 Å². The predicted octanol–water partition coefficient (Wildman–Crippen LogP) is 4.74. The van der Waals surface area contributed by atoms with Gasteiger partial charge in [-0.1, -0.05) is 18.2 Å². The highest BCUT2D eigenvalue weighted by Crippen LogP contribution is 2.38. The minimum Gasteiger partial charge on any atom is -0.492 e. The number of aromatic nitrogens is 1. The van der Waals surface area contributed by atoms with E-state index in [1.807, 2.05) is 44.2 Å². The zero-order valence-electron chi connectivity index (χ0n) is 20.4. The van der Waals surface area contributed by atoms with Gasteiger partial charge in [-0.05, 0) is 38.8 Å². The fraction of sp³-hybridized carbons (Fsp3) is 0.333. The third-order valence-corrected chi connectivity index (χ3v) is 5.61. The molecule has 9 nitrogen and oxygen atoms in total. The third kappa shape index (κ3) is 6.50. The van der Waals surface area contributed by atoms with Gasteiger partial charge in [0.15, 0.2) is 0 Å². The number of ether oxygens (including phenoxy) is 2. The molecule has 0 spiro atoms. The van der Waals surface area contributed by atoms with E-state index in [4.69, 9.17) is 9.47 Å². The first-order valence-corrected chi connectivity index (χ1v) is 12.2. The Bertz CT molecular complexity index is 1270. The van der Waals surface area contributed by atoms with Gasteiger partial charge in [-0.3, -0.25) is 19.4 Å². The Morgan fingerprint density at radius 2 is 1.47 bits per heavy atom. The highest BCUT2D eigenvalue weighted by molar-refractivity contribution is 6.00. The SMILES string of the molecule is CCOc1cc(NC(=O)C2CC2)c(OCC)cc1NC(=O)CCC(=O)Nc1cnc2ccccc2c1. The first-order valence-electron chi connectivity index (χ1n) is 12.2. The van der Waals surface area contributed by atoms with E-state index in [2.05, 4.69) is 20.9 Å². The van der Waals surface area contributed by atoms with Crippen molar-refractivity contribution < 1.29 is 23.9 Å². The summed E-state index contributed by atoms with van der Waals surface area (Å²) in [5, 5.41) is 9.40. The second-order valence-corrected chi connectivity index (χ2v) is 8.49. The van der Waals surface area contributed by atoms with Crippen molar-refractivity contribution in [2.75, 3.05) is 29.2 Å². The predicted molar refractivity (Wildman–Crippen MR) is 138 cm³/mol. The summed E-state index contributed by atoms with van der Waals surface area (Å²) in [5.41, 5.74) is 2.32. The molecular formula is C27H30N4O5. The van der Waals surface area contributed by atoms with Crippen LogP contribution >= 0.6 is 0 Å². The zero-order chi connectivity index (χ0) is 25.5. The van der Waals surface area contributed by atoms with Crippen LogP contribution < -0.4 is 25.4 Å². The number of carbonyl (C=O) groups is 3. The highest BCUT2D eigenvalue weighted by Gasteiger charge is 2.30. The highest BCUT2D eigenvalue weighted by atomic mass is 16.5. The molecule has 1 aliphatic carbocycles. The van der Waals surface area contributed by atoms with Gasteiger partial charge in [0.2, 0.25) is 17.7 Å². The molecule has 3 amide bonds. The first kappa shape index (κ1) is 25.0. The van der Waals surface area contributed by atoms with E-state index in [9.17, 15) is 14.4 Å². The number of nitrogens with one attached hydrogen (secondary N) is 3. The fourth-order valence-electron chi connectivity index (χ4n) is 3.69. The molecule has 4 rings (SSSR count). The lowest BCUT2D eigenvalue weighted by atomic mass is 10.2. The summed E-state index contributed by atoms with van der Waals surface area (Å²) < 4.78 is 11.4. The minimum absolute atomic E-state index is 0.00350. The lowest BCUT2D eigenvalue weighted by Gasteiger charge is -2.18. The molecule has 1 fully saturated rings. The maximum absolute atomic E-state index is 12.7. The Morgan fingerprint density at radius 3 is 2.11 bits per heavy atom. The van der Waals surface area contributed by atoms with Crippen molar-refractivity contribution in [2.45, 2.75) is 39.5 Å². The van der Waals surface area contributed by atoms with Crippen LogP contribution in [0.3, 0.4) is 0 Å². The number of amides is 3. The molecule has 1 saturated carbocycles. The van der Waals surface area contributed by atoms with E-state index < -0.39 is 0 Å². The maximum Gasteiger partial charge on any atom is 0.227 e. The number of nitrogens with zero attached hydrogens (tertiary/aromatic N) is 1. The van der Waals surface area contributed by atoms with Crippen LogP contribution in [0.4, 0.5) is 17.1 Å². The van der Waals surface area contributed by atoms with E-state index in [1.54, 1.807) is 18.3 Å².